The van der Waals surface area contributed by atoms with Crippen molar-refractivity contribution in [2.75, 3.05) is 26.8 Å². The number of hydrogen-bond donors (Lipinski definition) is 1. The molecular weight excluding hydrogens is 279 g/mol. The van der Waals surface area contributed by atoms with Crippen molar-refractivity contribution in [1.82, 2.24) is 10.2 Å². The molecule has 0 spiro atoms. The van der Waals surface area contributed by atoms with E-state index in [0.717, 1.165) is 0 Å². The molecule has 0 saturated carbocycles. The number of nitrogens with zero attached hydrogens (tertiary/aromatic N) is 1. The maximum atomic E-state index is 13.0. The maximum Gasteiger partial charge on any atom is 0.463 e. The molecule has 0 bridgehead atoms. The number of carbonyl (C=O) groups excluding carboxylic acids is 2. The van der Waals surface area contributed by atoms with Crippen molar-refractivity contribution in [1.29, 1.82) is 0 Å². The van der Waals surface area contributed by atoms with E-state index in [1.54, 1.807) is 0 Å². The molecule has 1 aliphatic heterocycles. The molecule has 1 saturated heterocycles. The van der Waals surface area contributed by atoms with Gasteiger partial charge in [-0.25, -0.2) is 0 Å². The normalized spacial score (nSPS) is 21.2. The Morgan fingerprint density at radius 3 is 2.32 bits per heavy atom. The highest BCUT2D eigenvalue weighted by Gasteiger charge is 2.65. The number of rotatable bonds is 2. The number of morpholine rings is 1. The number of carbonyl (C=O) groups is 2. The lowest BCUT2D eigenvalue weighted by molar-refractivity contribution is -0.276. The van der Waals surface area contributed by atoms with Crippen LogP contribution in [0.15, 0.2) is 0 Å². The molecule has 1 N–H and O–H groups in total. The summed E-state index contributed by atoms with van der Waals surface area (Å²) in [5, 5.41) is 2.07. The van der Waals surface area contributed by atoms with Crippen molar-refractivity contribution >= 4 is 11.8 Å². The molecule has 10 heteroatoms. The van der Waals surface area contributed by atoms with Gasteiger partial charge in [0.1, 0.15) is 6.04 Å². The Balaban J connectivity index is 2.98. The zero-order valence-corrected chi connectivity index (χ0v) is 9.76. The van der Waals surface area contributed by atoms with Crippen LogP contribution in [0.4, 0.5) is 22.0 Å². The standard InChI is InChI=1S/C9H11F5N2O3/c1-15-6(17)5-4-19-3-2-16(5)7(18)8(10,11)9(12,13)14/h5H,2-4H2,1H3,(H,15,17). The van der Waals surface area contributed by atoms with Crippen LogP contribution >= 0.6 is 0 Å². The largest absolute Gasteiger partial charge is 0.463 e. The van der Waals surface area contributed by atoms with Crippen LogP contribution in [0.25, 0.3) is 0 Å². The third kappa shape index (κ3) is 2.94. The van der Waals surface area contributed by atoms with Crippen LogP contribution in [-0.4, -0.2) is 61.7 Å². The molecule has 1 atom stereocenters. The third-order valence-corrected chi connectivity index (χ3v) is 2.56. The predicted molar refractivity (Wildman–Crippen MR) is 51.4 cm³/mol. The Hall–Kier alpha value is -1.45. The van der Waals surface area contributed by atoms with Gasteiger partial charge in [0, 0.05) is 13.6 Å². The number of halogens is 5. The van der Waals surface area contributed by atoms with Gasteiger partial charge in [-0.1, -0.05) is 0 Å². The van der Waals surface area contributed by atoms with Gasteiger partial charge < -0.3 is 15.0 Å². The minimum Gasteiger partial charge on any atom is -0.377 e. The Kier molecular flexibility index (Phi) is 4.33. The Morgan fingerprint density at radius 1 is 1.26 bits per heavy atom. The van der Waals surface area contributed by atoms with E-state index < -0.39 is 43.1 Å². The SMILES string of the molecule is CNC(=O)C1COCCN1C(=O)C(F)(F)C(F)(F)F. The lowest BCUT2D eigenvalue weighted by Gasteiger charge is -2.36. The van der Waals surface area contributed by atoms with Crippen molar-refractivity contribution in [2.45, 2.75) is 18.1 Å². The summed E-state index contributed by atoms with van der Waals surface area (Å²) in [7, 11) is 1.17. The monoisotopic (exact) mass is 290 g/mol. The molecule has 1 aliphatic rings. The van der Waals surface area contributed by atoms with Crippen LogP contribution in [0.3, 0.4) is 0 Å². The highest BCUT2D eigenvalue weighted by Crippen LogP contribution is 2.37. The van der Waals surface area contributed by atoms with Crippen molar-refractivity contribution in [3.8, 4) is 0 Å². The van der Waals surface area contributed by atoms with Crippen molar-refractivity contribution in [3.05, 3.63) is 0 Å². The first-order chi connectivity index (χ1) is 8.63. The lowest BCUT2D eigenvalue weighted by atomic mass is 10.1. The molecule has 0 aliphatic carbocycles. The molecule has 1 fully saturated rings. The summed E-state index contributed by atoms with van der Waals surface area (Å²) < 4.78 is 67.1. The predicted octanol–water partition coefficient (Wildman–Crippen LogP) is 0.157. The first-order valence-electron chi connectivity index (χ1n) is 5.18. The summed E-state index contributed by atoms with van der Waals surface area (Å²) in [5.41, 5.74) is 0. The molecule has 0 aromatic heterocycles. The first-order valence-corrected chi connectivity index (χ1v) is 5.18. The topological polar surface area (TPSA) is 58.6 Å². The van der Waals surface area contributed by atoms with Crippen LogP contribution in [0.2, 0.25) is 0 Å². The van der Waals surface area contributed by atoms with Gasteiger partial charge in [0.25, 0.3) is 0 Å². The summed E-state index contributed by atoms with van der Waals surface area (Å²) in [5.74, 6) is -8.85. The lowest BCUT2D eigenvalue weighted by Crippen LogP contribution is -2.61. The molecule has 1 unspecified atom stereocenters. The highest BCUT2D eigenvalue weighted by molar-refractivity contribution is 5.91. The Bertz CT molecular complexity index is 371. The molecule has 0 aromatic carbocycles. The molecule has 1 rings (SSSR count). The fourth-order valence-corrected chi connectivity index (χ4v) is 1.53. The van der Waals surface area contributed by atoms with Gasteiger partial charge in [0.15, 0.2) is 0 Å². The first kappa shape index (κ1) is 15.6. The van der Waals surface area contributed by atoms with Gasteiger partial charge in [0.2, 0.25) is 5.91 Å². The smallest absolute Gasteiger partial charge is 0.377 e. The van der Waals surface area contributed by atoms with E-state index in [-0.39, 0.29) is 11.5 Å². The summed E-state index contributed by atoms with van der Waals surface area (Å²) in [6.07, 6.45) is -6.00. The molecule has 5 nitrogen and oxygen atoms in total. The third-order valence-electron chi connectivity index (χ3n) is 2.56. The summed E-state index contributed by atoms with van der Waals surface area (Å²) in [6, 6.07) is -1.50. The van der Waals surface area contributed by atoms with Crippen LogP contribution in [0.5, 0.6) is 0 Å². The van der Waals surface area contributed by atoms with Crippen molar-refractivity contribution < 1.29 is 36.3 Å². The quantitative estimate of drug-likeness (QED) is 0.737. The van der Waals surface area contributed by atoms with Gasteiger partial charge in [0.05, 0.1) is 13.2 Å². The molecule has 0 radical (unpaired) electrons. The number of likely N-dealkylation sites (N-methyl/N-ethyl adjacent to an activating group) is 1. The Labute approximate surface area is 104 Å². The number of hydrogen-bond acceptors (Lipinski definition) is 3. The second-order valence-corrected chi connectivity index (χ2v) is 3.78. The van der Waals surface area contributed by atoms with Crippen LogP contribution in [0, 0.1) is 0 Å². The number of ether oxygens (including phenoxy) is 1. The maximum absolute atomic E-state index is 13.0. The molecule has 1 heterocycles. The molecule has 0 aromatic rings. The number of alkyl halides is 5. The van der Waals surface area contributed by atoms with E-state index in [4.69, 9.17) is 4.74 Å². The fraction of sp³-hybridized carbons (Fsp3) is 0.778. The highest BCUT2D eigenvalue weighted by atomic mass is 19.4. The van der Waals surface area contributed by atoms with E-state index in [1.807, 2.05) is 0 Å². The van der Waals surface area contributed by atoms with Gasteiger partial charge in [-0.3, -0.25) is 9.59 Å². The van der Waals surface area contributed by atoms with Crippen LogP contribution in [0.1, 0.15) is 0 Å². The van der Waals surface area contributed by atoms with Gasteiger partial charge in [-0.05, 0) is 0 Å². The second-order valence-electron chi connectivity index (χ2n) is 3.78. The number of nitrogens with one attached hydrogen (secondary N) is 1. The van der Waals surface area contributed by atoms with Crippen LogP contribution in [-0.2, 0) is 14.3 Å². The zero-order chi connectivity index (χ0) is 14.8. The minimum absolute atomic E-state index is 0.190. The zero-order valence-electron chi connectivity index (χ0n) is 9.76. The second kappa shape index (κ2) is 5.27. The minimum atomic E-state index is -6.00. The van der Waals surface area contributed by atoms with E-state index in [9.17, 15) is 31.5 Å². The van der Waals surface area contributed by atoms with Gasteiger partial charge in [-0.2, -0.15) is 22.0 Å². The molecule has 19 heavy (non-hydrogen) atoms. The van der Waals surface area contributed by atoms with E-state index in [2.05, 4.69) is 5.32 Å². The Morgan fingerprint density at radius 2 is 1.84 bits per heavy atom. The van der Waals surface area contributed by atoms with Gasteiger partial charge in [-0.15, -0.1) is 0 Å². The van der Waals surface area contributed by atoms with Crippen molar-refractivity contribution in [3.63, 3.8) is 0 Å². The summed E-state index contributed by atoms with van der Waals surface area (Å²) in [6.45, 7) is -1.16. The molecule has 2 amide bonds. The van der Waals surface area contributed by atoms with E-state index in [0.29, 0.717) is 0 Å². The molecule has 110 valence electrons. The summed E-state index contributed by atoms with van der Waals surface area (Å²) >= 11 is 0. The van der Waals surface area contributed by atoms with E-state index >= 15 is 0 Å². The average molecular weight is 290 g/mol. The van der Waals surface area contributed by atoms with Crippen molar-refractivity contribution in [2.24, 2.45) is 0 Å². The van der Waals surface area contributed by atoms with Gasteiger partial charge >= 0.3 is 18.0 Å². The average Bonchev–Trinajstić information content (AvgIpc) is 2.35. The van der Waals surface area contributed by atoms with E-state index in [1.165, 1.54) is 7.05 Å². The summed E-state index contributed by atoms with van der Waals surface area (Å²) in [4.78, 5) is 22.9. The number of amides is 2. The van der Waals surface area contributed by atoms with Crippen LogP contribution < -0.4 is 5.32 Å². The fourth-order valence-electron chi connectivity index (χ4n) is 1.53. The molecular formula is C9H11F5N2O3.